The van der Waals surface area contributed by atoms with E-state index in [0.29, 0.717) is 17.1 Å². The number of aliphatic carboxylic acids is 1. The van der Waals surface area contributed by atoms with Crippen LogP contribution in [0.15, 0.2) is 18.2 Å². The third-order valence-corrected chi connectivity index (χ3v) is 3.16. The fraction of sp³-hybridized carbons (Fsp3) is 0.385. The Hall–Kier alpha value is -2.24. The molecule has 0 spiro atoms. The Balaban J connectivity index is 2.22. The predicted molar refractivity (Wildman–Crippen MR) is 66.6 cm³/mol. The van der Waals surface area contributed by atoms with Crippen molar-refractivity contribution < 1.29 is 24.2 Å². The van der Waals surface area contributed by atoms with Crippen LogP contribution >= 0.6 is 0 Å². The van der Waals surface area contributed by atoms with E-state index in [1.807, 2.05) is 0 Å². The highest BCUT2D eigenvalue weighted by molar-refractivity contribution is 6.00. The number of hydrogen-bond acceptors (Lipinski definition) is 4. The molecule has 1 amide bonds. The zero-order valence-corrected chi connectivity index (χ0v) is 10.8. The first-order valence-corrected chi connectivity index (χ1v) is 5.81. The number of rotatable bonds is 4. The molecule has 1 fully saturated rings. The second kappa shape index (κ2) is 5.17. The third-order valence-electron chi connectivity index (χ3n) is 3.16. The summed E-state index contributed by atoms with van der Waals surface area (Å²) in [6.07, 6.45) is 0. The number of carbonyl (C=O) groups is 2. The van der Waals surface area contributed by atoms with Crippen LogP contribution < -0.4 is 9.47 Å². The second-order valence-corrected chi connectivity index (χ2v) is 4.28. The van der Waals surface area contributed by atoms with E-state index in [1.165, 1.54) is 19.1 Å². The van der Waals surface area contributed by atoms with E-state index in [1.54, 1.807) is 18.2 Å². The summed E-state index contributed by atoms with van der Waals surface area (Å²) in [6.45, 7) is 0.435. The topological polar surface area (TPSA) is 76.1 Å². The average molecular weight is 265 g/mol. The molecule has 0 unspecified atom stereocenters. The van der Waals surface area contributed by atoms with Gasteiger partial charge in [0.25, 0.3) is 5.91 Å². The number of likely N-dealkylation sites (tertiary alicyclic amines) is 1. The molecule has 0 bridgehead atoms. The van der Waals surface area contributed by atoms with E-state index in [4.69, 9.17) is 14.6 Å². The lowest BCUT2D eigenvalue weighted by molar-refractivity contribution is -0.146. The predicted octanol–water partition coefficient (Wildman–Crippen LogP) is 0.860. The van der Waals surface area contributed by atoms with Gasteiger partial charge in [0.15, 0.2) is 0 Å². The minimum Gasteiger partial charge on any atom is -0.496 e. The third kappa shape index (κ3) is 2.33. The molecule has 0 aromatic heterocycles. The van der Waals surface area contributed by atoms with Gasteiger partial charge in [0, 0.05) is 13.1 Å². The molecule has 19 heavy (non-hydrogen) atoms. The first-order valence-electron chi connectivity index (χ1n) is 5.81. The van der Waals surface area contributed by atoms with E-state index in [9.17, 15) is 9.59 Å². The number of benzene rings is 1. The quantitative estimate of drug-likeness (QED) is 0.873. The highest BCUT2D eigenvalue weighted by Crippen LogP contribution is 2.31. The highest BCUT2D eigenvalue weighted by Gasteiger charge is 2.37. The smallest absolute Gasteiger partial charge is 0.310 e. The van der Waals surface area contributed by atoms with E-state index in [0.717, 1.165) is 0 Å². The molecule has 1 aliphatic rings. The van der Waals surface area contributed by atoms with Gasteiger partial charge in [-0.2, -0.15) is 0 Å². The molecule has 1 heterocycles. The van der Waals surface area contributed by atoms with E-state index < -0.39 is 11.9 Å². The Morgan fingerprint density at radius 1 is 1.21 bits per heavy atom. The van der Waals surface area contributed by atoms with Crippen LogP contribution in [0, 0.1) is 5.92 Å². The summed E-state index contributed by atoms with van der Waals surface area (Å²) in [5.74, 6) is -0.793. The average Bonchev–Trinajstić information content (AvgIpc) is 2.35. The van der Waals surface area contributed by atoms with E-state index in [2.05, 4.69) is 0 Å². The van der Waals surface area contributed by atoms with Crippen LogP contribution in [0.1, 0.15) is 10.4 Å². The minimum atomic E-state index is -0.879. The van der Waals surface area contributed by atoms with Crippen molar-refractivity contribution >= 4 is 11.9 Å². The van der Waals surface area contributed by atoms with Crippen molar-refractivity contribution in [1.82, 2.24) is 4.90 Å². The van der Waals surface area contributed by atoms with Gasteiger partial charge in [-0.05, 0) is 12.1 Å². The monoisotopic (exact) mass is 265 g/mol. The Bertz CT molecular complexity index is 486. The fourth-order valence-electron chi connectivity index (χ4n) is 2.02. The highest BCUT2D eigenvalue weighted by atomic mass is 16.5. The number of methoxy groups -OCH3 is 2. The van der Waals surface area contributed by atoms with Gasteiger partial charge in [0.05, 0.1) is 20.1 Å². The van der Waals surface area contributed by atoms with Crippen molar-refractivity contribution in [2.45, 2.75) is 0 Å². The lowest BCUT2D eigenvalue weighted by atomic mass is 9.98. The van der Waals surface area contributed by atoms with Gasteiger partial charge >= 0.3 is 5.97 Å². The molecule has 1 N–H and O–H groups in total. The molecular weight excluding hydrogens is 250 g/mol. The van der Waals surface area contributed by atoms with Crippen LogP contribution in [0.4, 0.5) is 0 Å². The minimum absolute atomic E-state index is 0.218. The first-order chi connectivity index (χ1) is 9.08. The lowest BCUT2D eigenvalue weighted by Gasteiger charge is -2.37. The van der Waals surface area contributed by atoms with E-state index >= 15 is 0 Å². The molecule has 1 saturated heterocycles. The largest absolute Gasteiger partial charge is 0.496 e. The number of carbonyl (C=O) groups excluding carboxylic acids is 1. The number of ether oxygens (including phenoxy) is 2. The summed E-state index contributed by atoms with van der Waals surface area (Å²) < 4.78 is 10.3. The van der Waals surface area contributed by atoms with Crippen molar-refractivity contribution in [3.63, 3.8) is 0 Å². The summed E-state index contributed by atoms with van der Waals surface area (Å²) >= 11 is 0. The molecule has 102 valence electrons. The summed E-state index contributed by atoms with van der Waals surface area (Å²) in [5, 5.41) is 8.82. The number of carboxylic acid groups (broad SMARTS) is 1. The molecule has 0 saturated carbocycles. The molecule has 0 radical (unpaired) electrons. The maximum atomic E-state index is 12.3. The molecular formula is C13H15NO5. The molecule has 2 rings (SSSR count). The van der Waals surface area contributed by atoms with Crippen molar-refractivity contribution in [3.8, 4) is 11.5 Å². The molecule has 1 aromatic carbocycles. The van der Waals surface area contributed by atoms with Gasteiger partial charge in [-0.25, -0.2) is 0 Å². The van der Waals surface area contributed by atoms with Crippen LogP contribution in [0.25, 0.3) is 0 Å². The Kier molecular flexibility index (Phi) is 3.59. The Morgan fingerprint density at radius 3 is 2.16 bits per heavy atom. The number of hydrogen-bond donors (Lipinski definition) is 1. The summed E-state index contributed by atoms with van der Waals surface area (Å²) in [4.78, 5) is 24.5. The molecule has 6 heteroatoms. The van der Waals surface area contributed by atoms with Gasteiger partial charge in [0.1, 0.15) is 17.1 Å². The number of carboxylic acids is 1. The molecule has 6 nitrogen and oxygen atoms in total. The lowest BCUT2D eigenvalue weighted by Crippen LogP contribution is -2.53. The summed E-state index contributed by atoms with van der Waals surface area (Å²) in [5.41, 5.74) is 0.330. The first kappa shape index (κ1) is 13.2. The summed E-state index contributed by atoms with van der Waals surface area (Å²) in [7, 11) is 2.95. The van der Waals surface area contributed by atoms with Crippen molar-refractivity contribution in [3.05, 3.63) is 23.8 Å². The zero-order valence-electron chi connectivity index (χ0n) is 10.8. The molecule has 0 atom stereocenters. The molecule has 0 aliphatic carbocycles. The normalized spacial score (nSPS) is 14.7. The van der Waals surface area contributed by atoms with Gasteiger partial charge in [-0.3, -0.25) is 9.59 Å². The van der Waals surface area contributed by atoms with Crippen LogP contribution in [0.5, 0.6) is 11.5 Å². The Morgan fingerprint density at radius 2 is 1.74 bits per heavy atom. The van der Waals surface area contributed by atoms with Crippen molar-refractivity contribution in [2.24, 2.45) is 5.92 Å². The van der Waals surface area contributed by atoms with Crippen molar-refractivity contribution in [2.75, 3.05) is 27.3 Å². The van der Waals surface area contributed by atoms with E-state index in [-0.39, 0.29) is 19.0 Å². The SMILES string of the molecule is COc1cccc(OC)c1C(=O)N1CC(C(=O)O)C1. The van der Waals surface area contributed by atoms with Crippen molar-refractivity contribution in [1.29, 1.82) is 0 Å². The Labute approximate surface area is 110 Å². The van der Waals surface area contributed by atoms with Gasteiger partial charge in [-0.15, -0.1) is 0 Å². The fourth-order valence-corrected chi connectivity index (χ4v) is 2.02. The second-order valence-electron chi connectivity index (χ2n) is 4.28. The van der Waals surface area contributed by atoms with Crippen LogP contribution in [0.2, 0.25) is 0 Å². The maximum Gasteiger partial charge on any atom is 0.310 e. The molecule has 1 aromatic rings. The maximum absolute atomic E-state index is 12.3. The summed E-state index contributed by atoms with van der Waals surface area (Å²) in [6, 6.07) is 5.07. The van der Waals surface area contributed by atoms with Gasteiger partial charge in [0.2, 0.25) is 0 Å². The number of amides is 1. The number of nitrogens with zero attached hydrogens (tertiary/aromatic N) is 1. The van der Waals surface area contributed by atoms with Gasteiger partial charge < -0.3 is 19.5 Å². The standard InChI is InChI=1S/C13H15NO5/c1-18-9-4-3-5-10(19-2)11(9)12(15)14-6-8(7-14)13(16)17/h3-5,8H,6-7H2,1-2H3,(H,16,17). The van der Waals surface area contributed by atoms with Gasteiger partial charge in [-0.1, -0.05) is 6.07 Å². The zero-order chi connectivity index (χ0) is 14.0. The van der Waals surface area contributed by atoms with Crippen LogP contribution in [0.3, 0.4) is 0 Å². The van der Waals surface area contributed by atoms with Crippen LogP contribution in [-0.4, -0.2) is 49.2 Å². The molecule has 1 aliphatic heterocycles. The van der Waals surface area contributed by atoms with Crippen LogP contribution in [-0.2, 0) is 4.79 Å².